The fourth-order valence-corrected chi connectivity index (χ4v) is 4.35. The lowest BCUT2D eigenvalue weighted by atomic mass is 10.0. The Hall–Kier alpha value is -3.22. The highest BCUT2D eigenvalue weighted by Gasteiger charge is 2.32. The van der Waals surface area contributed by atoms with Crippen LogP contribution in [0.4, 0.5) is 5.69 Å². The first-order valence-electron chi connectivity index (χ1n) is 10.5. The highest BCUT2D eigenvalue weighted by Crippen LogP contribution is 2.36. The van der Waals surface area contributed by atoms with Gasteiger partial charge in [-0.2, -0.15) is 0 Å². The summed E-state index contributed by atoms with van der Waals surface area (Å²) in [4.78, 5) is 16.1. The molecule has 0 bridgehead atoms. The molecule has 1 aliphatic rings. The van der Waals surface area contributed by atoms with Crippen molar-refractivity contribution in [1.29, 1.82) is 0 Å². The normalized spacial score (nSPS) is 15.6. The summed E-state index contributed by atoms with van der Waals surface area (Å²) in [7, 11) is 1.46. The zero-order valence-electron chi connectivity index (χ0n) is 17.7. The molecule has 3 aromatic rings. The number of ether oxygens (including phenoxy) is 1. The van der Waals surface area contributed by atoms with Gasteiger partial charge in [0, 0.05) is 32.2 Å². The van der Waals surface area contributed by atoms with Gasteiger partial charge in [-0.25, -0.2) is 0 Å². The van der Waals surface area contributed by atoms with Gasteiger partial charge < -0.3 is 4.74 Å². The van der Waals surface area contributed by atoms with Gasteiger partial charge in [-0.3, -0.25) is 19.9 Å². The Morgan fingerprint density at radius 2 is 1.45 bits per heavy atom. The Balaban J connectivity index is 1.71. The van der Waals surface area contributed by atoms with E-state index in [9.17, 15) is 10.1 Å². The lowest BCUT2D eigenvalue weighted by Crippen LogP contribution is -2.46. The Morgan fingerprint density at radius 1 is 0.903 bits per heavy atom. The van der Waals surface area contributed by atoms with E-state index < -0.39 is 0 Å². The second kappa shape index (κ2) is 9.73. The average Bonchev–Trinajstić information content (AvgIpc) is 2.80. The maximum absolute atomic E-state index is 11.7. The minimum Gasteiger partial charge on any atom is -0.490 e. The molecule has 1 fully saturated rings. The van der Waals surface area contributed by atoms with Crippen molar-refractivity contribution in [2.45, 2.75) is 25.7 Å². The molecule has 0 radical (unpaired) electrons. The molecule has 0 atom stereocenters. The van der Waals surface area contributed by atoms with E-state index >= 15 is 0 Å². The van der Waals surface area contributed by atoms with Crippen molar-refractivity contribution in [1.82, 2.24) is 9.80 Å². The van der Waals surface area contributed by atoms with Crippen molar-refractivity contribution in [2.75, 3.05) is 20.2 Å². The number of nitro benzene ring substituents is 1. The molecule has 0 N–H and O–H groups in total. The highest BCUT2D eigenvalue weighted by atomic mass is 16.6. The highest BCUT2D eigenvalue weighted by molar-refractivity contribution is 5.49. The fourth-order valence-electron chi connectivity index (χ4n) is 4.35. The third-order valence-electron chi connectivity index (χ3n) is 5.74. The van der Waals surface area contributed by atoms with Crippen molar-refractivity contribution < 1.29 is 9.66 Å². The smallest absolute Gasteiger partial charge is 0.311 e. The van der Waals surface area contributed by atoms with Crippen LogP contribution in [0.3, 0.4) is 0 Å². The number of methoxy groups -OCH3 is 1. The largest absolute Gasteiger partial charge is 0.490 e. The lowest BCUT2D eigenvalue weighted by Gasteiger charge is -2.44. The van der Waals surface area contributed by atoms with Gasteiger partial charge in [0.1, 0.15) is 0 Å². The zero-order valence-corrected chi connectivity index (χ0v) is 17.7. The summed E-state index contributed by atoms with van der Waals surface area (Å²) in [6.45, 7) is 3.45. The van der Waals surface area contributed by atoms with Gasteiger partial charge in [-0.1, -0.05) is 66.7 Å². The molecular formula is C25H27N3O3. The molecule has 0 aliphatic carbocycles. The van der Waals surface area contributed by atoms with E-state index in [1.165, 1.54) is 18.2 Å². The van der Waals surface area contributed by atoms with E-state index in [1.54, 1.807) is 12.1 Å². The Bertz CT molecular complexity index is 962. The van der Waals surface area contributed by atoms with Crippen LogP contribution in [0.2, 0.25) is 0 Å². The van der Waals surface area contributed by atoms with Crippen LogP contribution in [0.25, 0.3) is 0 Å². The van der Waals surface area contributed by atoms with Crippen LogP contribution in [0.15, 0.2) is 78.9 Å². The van der Waals surface area contributed by atoms with Crippen LogP contribution in [-0.4, -0.2) is 34.9 Å². The van der Waals surface area contributed by atoms with Crippen LogP contribution in [0.1, 0.15) is 29.3 Å². The molecule has 6 heteroatoms. The first-order chi connectivity index (χ1) is 15.2. The molecule has 31 heavy (non-hydrogen) atoms. The van der Waals surface area contributed by atoms with Crippen molar-refractivity contribution in [3.63, 3.8) is 0 Å². The molecule has 0 amide bonds. The minimum atomic E-state index is -0.367. The molecule has 1 heterocycles. The summed E-state index contributed by atoms with van der Waals surface area (Å²) in [6, 6.07) is 26.1. The fraction of sp³-hybridized carbons (Fsp3) is 0.280. The number of nitrogens with zero attached hydrogens (tertiary/aromatic N) is 3. The first kappa shape index (κ1) is 21.0. The molecule has 3 aromatic carbocycles. The number of hydrogen-bond donors (Lipinski definition) is 0. The molecule has 1 aliphatic heterocycles. The van der Waals surface area contributed by atoms with Gasteiger partial charge >= 0.3 is 5.69 Å². The summed E-state index contributed by atoms with van der Waals surface area (Å²) in [5.74, 6) is 0.286. The van der Waals surface area contributed by atoms with Crippen LogP contribution in [0.5, 0.6) is 5.75 Å². The van der Waals surface area contributed by atoms with Crippen molar-refractivity contribution >= 4 is 5.69 Å². The number of benzene rings is 3. The Morgan fingerprint density at radius 3 is 1.94 bits per heavy atom. The first-order valence-corrected chi connectivity index (χ1v) is 10.5. The Kier molecular flexibility index (Phi) is 6.60. The summed E-state index contributed by atoms with van der Waals surface area (Å²) >= 11 is 0. The third-order valence-corrected chi connectivity index (χ3v) is 5.74. The van der Waals surface area contributed by atoms with Crippen molar-refractivity contribution in [2.24, 2.45) is 0 Å². The Labute approximate surface area is 182 Å². The summed E-state index contributed by atoms with van der Waals surface area (Å²) in [5, 5.41) is 11.7. The molecule has 6 nitrogen and oxygen atoms in total. The van der Waals surface area contributed by atoms with Crippen LogP contribution >= 0.6 is 0 Å². The topological polar surface area (TPSA) is 58.8 Å². The van der Waals surface area contributed by atoms with Crippen molar-refractivity contribution in [3.8, 4) is 5.75 Å². The number of hydrogen-bond acceptors (Lipinski definition) is 5. The number of rotatable bonds is 7. The molecule has 0 saturated carbocycles. The van der Waals surface area contributed by atoms with E-state index in [0.717, 1.165) is 38.2 Å². The molecule has 160 valence electrons. The van der Waals surface area contributed by atoms with Crippen LogP contribution in [-0.2, 0) is 13.1 Å². The predicted octanol–water partition coefficient (Wildman–Crippen LogP) is 5.01. The van der Waals surface area contributed by atoms with Crippen molar-refractivity contribution in [3.05, 3.63) is 106 Å². The molecule has 1 saturated heterocycles. The van der Waals surface area contributed by atoms with Crippen LogP contribution in [0, 0.1) is 10.1 Å². The summed E-state index contributed by atoms with van der Waals surface area (Å²) < 4.78 is 5.23. The van der Waals surface area contributed by atoms with Gasteiger partial charge in [-0.05, 0) is 29.2 Å². The standard InChI is InChI=1S/C25H27N3O3/c1-31-24-14-13-22(17-23(24)28(29)30)25-26(18-20-9-4-2-5-10-20)15-8-16-27(25)19-21-11-6-3-7-12-21/h2-7,9-14,17,25H,8,15-16,18-19H2,1H3. The minimum absolute atomic E-state index is 0.00453. The predicted molar refractivity (Wildman–Crippen MR) is 121 cm³/mol. The number of nitro groups is 1. The second-order valence-corrected chi connectivity index (χ2v) is 7.83. The third kappa shape index (κ3) is 4.93. The van der Waals surface area contributed by atoms with Crippen LogP contribution < -0.4 is 4.74 Å². The van der Waals surface area contributed by atoms with Gasteiger partial charge in [-0.15, -0.1) is 0 Å². The lowest BCUT2D eigenvalue weighted by molar-refractivity contribution is -0.385. The maximum Gasteiger partial charge on any atom is 0.311 e. The second-order valence-electron chi connectivity index (χ2n) is 7.83. The molecular weight excluding hydrogens is 390 g/mol. The van der Waals surface area contributed by atoms with Gasteiger partial charge in [0.15, 0.2) is 5.75 Å². The van der Waals surface area contributed by atoms with E-state index in [0.29, 0.717) is 0 Å². The average molecular weight is 418 g/mol. The molecule has 0 spiro atoms. The van der Waals surface area contributed by atoms with E-state index in [-0.39, 0.29) is 22.5 Å². The summed E-state index contributed by atoms with van der Waals surface area (Å²) in [5.41, 5.74) is 3.39. The quantitative estimate of drug-likeness (QED) is 0.399. The van der Waals surface area contributed by atoms with Gasteiger partial charge in [0.25, 0.3) is 0 Å². The van der Waals surface area contributed by atoms with Gasteiger partial charge in [0.2, 0.25) is 0 Å². The monoisotopic (exact) mass is 417 g/mol. The molecule has 4 rings (SSSR count). The molecule has 0 aromatic heterocycles. The van der Waals surface area contributed by atoms with E-state index in [4.69, 9.17) is 4.74 Å². The zero-order chi connectivity index (χ0) is 21.6. The SMILES string of the molecule is COc1ccc(C2N(Cc3ccccc3)CCCN2Cc2ccccc2)cc1[N+](=O)[O-]. The summed E-state index contributed by atoms with van der Waals surface area (Å²) in [6.07, 6.45) is 0.993. The van der Waals surface area contributed by atoms with E-state index in [2.05, 4.69) is 34.1 Å². The van der Waals surface area contributed by atoms with Gasteiger partial charge in [0.05, 0.1) is 18.2 Å². The molecule has 0 unspecified atom stereocenters. The maximum atomic E-state index is 11.7. The van der Waals surface area contributed by atoms with E-state index in [1.807, 2.05) is 42.5 Å².